The lowest BCUT2D eigenvalue weighted by atomic mass is 10.0. The number of hydrogen-bond donors (Lipinski definition) is 2. The zero-order valence-electron chi connectivity index (χ0n) is 19.0. The predicted molar refractivity (Wildman–Crippen MR) is 127 cm³/mol. The molecule has 0 aliphatic carbocycles. The Labute approximate surface area is 197 Å². The molecule has 0 bridgehead atoms. The highest BCUT2D eigenvalue weighted by Crippen LogP contribution is 2.34. The molecule has 1 amide bonds. The second kappa shape index (κ2) is 9.11. The second-order valence-electron chi connectivity index (χ2n) is 7.92. The summed E-state index contributed by atoms with van der Waals surface area (Å²) in [5, 5.41) is 18.8. The first-order valence-corrected chi connectivity index (χ1v) is 11.1. The predicted octanol–water partition coefficient (Wildman–Crippen LogP) is 4.95. The molecule has 7 nitrogen and oxygen atoms in total. The SMILES string of the molecule is CCOc1cc(C(=O)N(C)[C@H](C)c2c[n+](O)c(C)c3cn[nH]c23)ccc1-c1cccc(Cl)c1. The second-order valence-corrected chi connectivity index (χ2v) is 8.36. The number of aromatic amines is 1. The van der Waals surface area contributed by atoms with Crippen LogP contribution >= 0.6 is 11.6 Å². The van der Waals surface area contributed by atoms with Crippen molar-refractivity contribution in [3.8, 4) is 16.9 Å². The van der Waals surface area contributed by atoms with E-state index in [0.717, 1.165) is 32.3 Å². The molecular weight excluding hydrogens is 440 g/mol. The molecule has 0 saturated carbocycles. The summed E-state index contributed by atoms with van der Waals surface area (Å²) in [4.78, 5) is 15.0. The number of carbonyl (C=O) groups is 1. The van der Waals surface area contributed by atoms with Gasteiger partial charge in [0.15, 0.2) is 0 Å². The van der Waals surface area contributed by atoms with Gasteiger partial charge >= 0.3 is 0 Å². The molecule has 4 rings (SSSR count). The van der Waals surface area contributed by atoms with E-state index in [1.165, 1.54) is 0 Å². The van der Waals surface area contributed by atoms with Crippen molar-refractivity contribution < 1.29 is 19.5 Å². The van der Waals surface area contributed by atoms with E-state index >= 15 is 0 Å². The molecule has 0 aliphatic heterocycles. The normalized spacial score (nSPS) is 12.0. The summed E-state index contributed by atoms with van der Waals surface area (Å²) in [7, 11) is 1.74. The number of nitrogens with one attached hydrogen (secondary N) is 1. The number of aromatic nitrogens is 3. The number of halogens is 1. The third-order valence-corrected chi connectivity index (χ3v) is 6.17. The third kappa shape index (κ3) is 4.24. The van der Waals surface area contributed by atoms with Crippen LogP contribution < -0.4 is 9.47 Å². The fourth-order valence-corrected chi connectivity index (χ4v) is 4.12. The van der Waals surface area contributed by atoms with E-state index in [0.29, 0.717) is 28.6 Å². The van der Waals surface area contributed by atoms with Gasteiger partial charge in [-0.25, -0.2) is 0 Å². The first-order chi connectivity index (χ1) is 15.8. The number of H-pyrrole nitrogens is 1. The van der Waals surface area contributed by atoms with Crippen molar-refractivity contribution >= 4 is 28.4 Å². The summed E-state index contributed by atoms with van der Waals surface area (Å²) in [5.74, 6) is 0.449. The minimum Gasteiger partial charge on any atom is -0.493 e. The molecule has 170 valence electrons. The molecule has 0 aliphatic rings. The van der Waals surface area contributed by atoms with Gasteiger partial charge in [0.25, 0.3) is 5.91 Å². The Hall–Kier alpha value is -3.58. The first kappa shape index (κ1) is 22.6. The van der Waals surface area contributed by atoms with Gasteiger partial charge in [0.2, 0.25) is 11.9 Å². The van der Waals surface area contributed by atoms with E-state index in [1.807, 2.05) is 44.2 Å². The monoisotopic (exact) mass is 465 g/mol. The maximum Gasteiger partial charge on any atom is 0.254 e. The van der Waals surface area contributed by atoms with E-state index < -0.39 is 0 Å². The smallest absolute Gasteiger partial charge is 0.254 e. The number of hydrogen-bond acceptors (Lipinski definition) is 4. The summed E-state index contributed by atoms with van der Waals surface area (Å²) in [5.41, 5.74) is 4.50. The molecule has 1 atom stereocenters. The molecule has 0 radical (unpaired) electrons. The van der Waals surface area contributed by atoms with Gasteiger partial charge in [0, 0.05) is 34.9 Å². The minimum atomic E-state index is -0.331. The van der Waals surface area contributed by atoms with E-state index in [2.05, 4.69) is 10.2 Å². The van der Waals surface area contributed by atoms with Crippen LogP contribution in [0.15, 0.2) is 54.9 Å². The zero-order chi connectivity index (χ0) is 23.7. The highest BCUT2D eigenvalue weighted by Gasteiger charge is 2.27. The van der Waals surface area contributed by atoms with Crippen molar-refractivity contribution in [1.82, 2.24) is 15.1 Å². The van der Waals surface area contributed by atoms with Crippen LogP contribution in [0.25, 0.3) is 22.0 Å². The van der Waals surface area contributed by atoms with Crippen LogP contribution in [0.5, 0.6) is 5.75 Å². The molecule has 2 aromatic heterocycles. The lowest BCUT2D eigenvalue weighted by Gasteiger charge is -2.25. The Bertz CT molecular complexity index is 1330. The standard InChI is InChI=1S/C25H25ClN4O3/c1-5-33-23-12-18(9-10-20(23)17-7-6-8-19(26)11-17)25(31)29(4)15(2)22-14-30(32)16(3)21-13-27-28-24(21)22/h6-15,32H,5H2,1-4H3/p+1/t15-/m1/s1. The summed E-state index contributed by atoms with van der Waals surface area (Å²) < 4.78 is 6.92. The molecule has 2 heterocycles. The van der Waals surface area contributed by atoms with Crippen molar-refractivity contribution in [3.05, 3.63) is 76.7 Å². The summed E-state index contributed by atoms with van der Waals surface area (Å²) in [6.07, 6.45) is 3.27. The van der Waals surface area contributed by atoms with Crippen molar-refractivity contribution in [2.45, 2.75) is 26.8 Å². The van der Waals surface area contributed by atoms with Crippen LogP contribution in [0.4, 0.5) is 0 Å². The molecule has 0 fully saturated rings. The highest BCUT2D eigenvalue weighted by molar-refractivity contribution is 6.30. The van der Waals surface area contributed by atoms with Crippen LogP contribution in [0.3, 0.4) is 0 Å². The average molecular weight is 466 g/mol. The maximum atomic E-state index is 13.4. The fraction of sp³-hybridized carbons (Fsp3) is 0.240. The summed E-state index contributed by atoms with van der Waals surface area (Å²) >= 11 is 6.17. The number of rotatable bonds is 6. The number of ether oxygens (including phenoxy) is 1. The molecule has 2 N–H and O–H groups in total. The van der Waals surface area contributed by atoms with Gasteiger partial charge in [-0.05, 0) is 49.7 Å². The Morgan fingerprint density at radius 3 is 2.82 bits per heavy atom. The van der Waals surface area contributed by atoms with Crippen molar-refractivity contribution in [3.63, 3.8) is 0 Å². The Balaban J connectivity index is 1.68. The molecule has 4 aromatic rings. The van der Waals surface area contributed by atoms with Crippen LogP contribution in [0.1, 0.15) is 41.5 Å². The average Bonchev–Trinajstić information content (AvgIpc) is 3.30. The van der Waals surface area contributed by atoms with Crippen LogP contribution in [-0.2, 0) is 0 Å². The molecule has 8 heteroatoms. The Kier molecular flexibility index (Phi) is 6.24. The number of aryl methyl sites for hydroxylation is 1. The van der Waals surface area contributed by atoms with Crippen LogP contribution in [0, 0.1) is 6.92 Å². The fourth-order valence-electron chi connectivity index (χ4n) is 3.93. The zero-order valence-corrected chi connectivity index (χ0v) is 19.7. The number of fused-ring (bicyclic) bond motifs is 1. The quantitative estimate of drug-likeness (QED) is 0.312. The van der Waals surface area contributed by atoms with Gasteiger partial charge in [0.1, 0.15) is 5.75 Å². The summed E-state index contributed by atoms with van der Waals surface area (Å²) in [6.45, 7) is 6.08. The van der Waals surface area contributed by atoms with Gasteiger partial charge in [-0.2, -0.15) is 5.10 Å². The molecule has 0 unspecified atom stereocenters. The third-order valence-electron chi connectivity index (χ3n) is 5.94. The first-order valence-electron chi connectivity index (χ1n) is 10.7. The molecule has 0 saturated heterocycles. The van der Waals surface area contributed by atoms with E-state index in [1.54, 1.807) is 43.4 Å². The topological polar surface area (TPSA) is 82.3 Å². The number of benzene rings is 2. The van der Waals surface area contributed by atoms with Crippen LogP contribution in [-0.4, -0.2) is 39.9 Å². The molecule has 0 spiro atoms. The molecule has 2 aromatic carbocycles. The van der Waals surface area contributed by atoms with E-state index in [-0.39, 0.29) is 11.9 Å². The van der Waals surface area contributed by atoms with Gasteiger partial charge < -0.3 is 9.64 Å². The number of carbonyl (C=O) groups excluding carboxylic acids is 1. The molecular formula is C25H26ClN4O3+. The largest absolute Gasteiger partial charge is 0.493 e. The maximum absolute atomic E-state index is 13.4. The van der Waals surface area contributed by atoms with Crippen molar-refractivity contribution in [1.29, 1.82) is 0 Å². The number of amides is 1. The van der Waals surface area contributed by atoms with Gasteiger partial charge in [-0.3, -0.25) is 15.1 Å². The lowest BCUT2D eigenvalue weighted by Crippen LogP contribution is -2.36. The minimum absolute atomic E-state index is 0.168. The molecule has 33 heavy (non-hydrogen) atoms. The number of pyridine rings is 1. The van der Waals surface area contributed by atoms with E-state index in [9.17, 15) is 10.0 Å². The summed E-state index contributed by atoms with van der Waals surface area (Å²) in [6, 6.07) is 12.6. The van der Waals surface area contributed by atoms with Gasteiger partial charge in [-0.15, -0.1) is 0 Å². The lowest BCUT2D eigenvalue weighted by molar-refractivity contribution is -0.908. The van der Waals surface area contributed by atoms with Crippen molar-refractivity contribution in [2.75, 3.05) is 13.7 Å². The number of nitrogens with zero attached hydrogens (tertiary/aromatic N) is 3. The Morgan fingerprint density at radius 1 is 1.30 bits per heavy atom. The van der Waals surface area contributed by atoms with Gasteiger partial charge in [0.05, 0.1) is 35.3 Å². The highest BCUT2D eigenvalue weighted by atomic mass is 35.5. The van der Waals surface area contributed by atoms with Gasteiger partial charge in [-0.1, -0.05) is 23.7 Å². The Morgan fingerprint density at radius 2 is 2.09 bits per heavy atom. The van der Waals surface area contributed by atoms with Crippen LogP contribution in [0.2, 0.25) is 5.02 Å². The van der Waals surface area contributed by atoms with E-state index in [4.69, 9.17) is 16.3 Å². The van der Waals surface area contributed by atoms with Crippen molar-refractivity contribution in [2.24, 2.45) is 0 Å².